The van der Waals surface area contributed by atoms with Crippen molar-refractivity contribution in [3.8, 4) is 0 Å². The van der Waals surface area contributed by atoms with E-state index in [1.165, 1.54) is 34.7 Å². The van der Waals surface area contributed by atoms with Gasteiger partial charge < -0.3 is 5.32 Å². The van der Waals surface area contributed by atoms with Crippen molar-refractivity contribution in [2.24, 2.45) is 0 Å². The molecule has 3 rings (SSSR count). The average Bonchev–Trinajstić information content (AvgIpc) is 3.08. The molecule has 2 aromatic rings. The molecule has 1 aliphatic carbocycles. The number of rotatable bonds is 5. The number of nitrogens with one attached hydrogen (secondary N) is 1. The Morgan fingerprint density at radius 1 is 1.39 bits per heavy atom. The fraction of sp³-hybridized carbons (Fsp3) is 0.400. The molecule has 1 aromatic heterocycles. The Balaban J connectivity index is 1.61. The minimum absolute atomic E-state index is 0.756. The maximum atomic E-state index is 4.69. The summed E-state index contributed by atoms with van der Waals surface area (Å²) < 4.78 is 0. The van der Waals surface area contributed by atoms with Crippen LogP contribution in [0.5, 0.6) is 0 Å². The van der Waals surface area contributed by atoms with Crippen LogP contribution in [0, 0.1) is 6.92 Å². The highest BCUT2D eigenvalue weighted by molar-refractivity contribution is 7.09. The maximum absolute atomic E-state index is 4.69. The van der Waals surface area contributed by atoms with E-state index in [2.05, 4.69) is 41.9 Å². The second-order valence-corrected chi connectivity index (χ2v) is 6.00. The Labute approximate surface area is 112 Å². The molecule has 2 nitrogen and oxygen atoms in total. The van der Waals surface area contributed by atoms with Gasteiger partial charge in [-0.1, -0.05) is 29.8 Å². The molecule has 1 aliphatic rings. The Morgan fingerprint density at radius 2 is 2.28 bits per heavy atom. The third-order valence-electron chi connectivity index (χ3n) is 3.19. The van der Waals surface area contributed by atoms with E-state index in [9.17, 15) is 0 Å². The first kappa shape index (κ1) is 11.9. The van der Waals surface area contributed by atoms with Gasteiger partial charge in [-0.25, -0.2) is 4.98 Å². The molecule has 0 spiro atoms. The molecule has 0 aliphatic heterocycles. The van der Waals surface area contributed by atoms with Crippen molar-refractivity contribution < 1.29 is 0 Å². The molecular formula is C15H18N2S. The topological polar surface area (TPSA) is 24.9 Å². The van der Waals surface area contributed by atoms with Crippen LogP contribution < -0.4 is 5.32 Å². The first-order valence-corrected chi connectivity index (χ1v) is 7.40. The van der Waals surface area contributed by atoms with Crippen molar-refractivity contribution in [2.45, 2.75) is 38.8 Å². The highest BCUT2D eigenvalue weighted by atomic mass is 32.1. The van der Waals surface area contributed by atoms with Crippen molar-refractivity contribution in [1.29, 1.82) is 0 Å². The number of aromatic nitrogens is 1. The van der Waals surface area contributed by atoms with Crippen LogP contribution in [0.3, 0.4) is 0 Å². The van der Waals surface area contributed by atoms with Crippen LogP contribution in [0.1, 0.15) is 34.7 Å². The third kappa shape index (κ3) is 3.18. The standard InChI is InChI=1S/C15H18N2S/c1-11-3-2-4-12(7-11)8-15-17-14(10-18-15)9-16-13-5-6-13/h2-4,7,10,13,16H,5-6,8-9H2,1H3. The molecular weight excluding hydrogens is 240 g/mol. The molecule has 1 aromatic carbocycles. The largest absolute Gasteiger partial charge is 0.308 e. The molecule has 1 saturated carbocycles. The van der Waals surface area contributed by atoms with E-state index >= 15 is 0 Å². The van der Waals surface area contributed by atoms with E-state index in [4.69, 9.17) is 4.98 Å². The SMILES string of the molecule is Cc1cccc(Cc2nc(CNC3CC3)cs2)c1. The van der Waals surface area contributed by atoms with Crippen LogP contribution in [-0.2, 0) is 13.0 Å². The molecule has 1 fully saturated rings. The van der Waals surface area contributed by atoms with Crippen LogP contribution >= 0.6 is 11.3 Å². The molecule has 0 atom stereocenters. The fourth-order valence-corrected chi connectivity index (χ4v) is 2.87. The summed E-state index contributed by atoms with van der Waals surface area (Å²) in [5, 5.41) is 6.90. The van der Waals surface area contributed by atoms with Gasteiger partial charge in [0.05, 0.1) is 10.7 Å². The molecule has 94 valence electrons. The highest BCUT2D eigenvalue weighted by Crippen LogP contribution is 2.20. The lowest BCUT2D eigenvalue weighted by molar-refractivity contribution is 0.676. The molecule has 0 unspecified atom stereocenters. The van der Waals surface area contributed by atoms with Gasteiger partial charge in [-0.05, 0) is 25.3 Å². The van der Waals surface area contributed by atoms with Gasteiger partial charge in [-0.15, -0.1) is 11.3 Å². The van der Waals surface area contributed by atoms with Gasteiger partial charge in [0.1, 0.15) is 0 Å². The predicted octanol–water partition coefficient (Wildman–Crippen LogP) is 3.29. The van der Waals surface area contributed by atoms with Gasteiger partial charge in [0.2, 0.25) is 0 Å². The summed E-state index contributed by atoms with van der Waals surface area (Å²) >= 11 is 1.77. The zero-order valence-corrected chi connectivity index (χ0v) is 11.5. The van der Waals surface area contributed by atoms with Gasteiger partial charge >= 0.3 is 0 Å². The summed E-state index contributed by atoms with van der Waals surface area (Å²) in [5.74, 6) is 0. The molecule has 0 saturated heterocycles. The number of hydrogen-bond acceptors (Lipinski definition) is 3. The number of nitrogens with zero attached hydrogens (tertiary/aromatic N) is 1. The zero-order chi connectivity index (χ0) is 12.4. The minimum Gasteiger partial charge on any atom is -0.308 e. The Morgan fingerprint density at radius 3 is 3.06 bits per heavy atom. The molecule has 3 heteroatoms. The summed E-state index contributed by atoms with van der Waals surface area (Å²) in [6, 6.07) is 9.43. The number of aryl methyl sites for hydroxylation is 1. The van der Waals surface area contributed by atoms with Crippen LogP contribution in [0.2, 0.25) is 0 Å². The summed E-state index contributed by atoms with van der Waals surface area (Å²) in [6.07, 6.45) is 3.62. The van der Waals surface area contributed by atoms with Gasteiger partial charge in [0, 0.05) is 24.4 Å². The van der Waals surface area contributed by atoms with Crippen molar-refractivity contribution in [2.75, 3.05) is 0 Å². The third-order valence-corrected chi connectivity index (χ3v) is 4.08. The lowest BCUT2D eigenvalue weighted by Crippen LogP contribution is -2.15. The van der Waals surface area contributed by atoms with Crippen LogP contribution in [0.25, 0.3) is 0 Å². The molecule has 0 radical (unpaired) electrons. The number of benzene rings is 1. The molecule has 18 heavy (non-hydrogen) atoms. The van der Waals surface area contributed by atoms with E-state index in [0.717, 1.165) is 19.0 Å². The minimum atomic E-state index is 0.756. The van der Waals surface area contributed by atoms with E-state index in [1.807, 2.05) is 0 Å². The predicted molar refractivity (Wildman–Crippen MR) is 76.0 cm³/mol. The first-order chi connectivity index (χ1) is 8.79. The Bertz CT molecular complexity index is 529. The highest BCUT2D eigenvalue weighted by Gasteiger charge is 2.20. The fourth-order valence-electron chi connectivity index (χ4n) is 2.04. The molecule has 0 amide bonds. The monoisotopic (exact) mass is 258 g/mol. The van der Waals surface area contributed by atoms with Crippen molar-refractivity contribution in [3.63, 3.8) is 0 Å². The van der Waals surface area contributed by atoms with Gasteiger partial charge in [-0.2, -0.15) is 0 Å². The lowest BCUT2D eigenvalue weighted by atomic mass is 10.1. The van der Waals surface area contributed by atoms with Crippen molar-refractivity contribution in [3.05, 3.63) is 51.5 Å². The van der Waals surface area contributed by atoms with Crippen LogP contribution in [-0.4, -0.2) is 11.0 Å². The van der Waals surface area contributed by atoms with E-state index < -0.39 is 0 Å². The number of thiazole rings is 1. The van der Waals surface area contributed by atoms with E-state index in [0.29, 0.717) is 0 Å². The van der Waals surface area contributed by atoms with Crippen LogP contribution in [0.4, 0.5) is 0 Å². The summed E-state index contributed by atoms with van der Waals surface area (Å²) in [6.45, 7) is 3.06. The summed E-state index contributed by atoms with van der Waals surface area (Å²) in [4.78, 5) is 4.69. The zero-order valence-electron chi connectivity index (χ0n) is 10.6. The van der Waals surface area contributed by atoms with Gasteiger partial charge in [0.15, 0.2) is 0 Å². The van der Waals surface area contributed by atoms with E-state index in [-0.39, 0.29) is 0 Å². The second-order valence-electron chi connectivity index (χ2n) is 5.05. The van der Waals surface area contributed by atoms with Crippen molar-refractivity contribution in [1.82, 2.24) is 10.3 Å². The van der Waals surface area contributed by atoms with Gasteiger partial charge in [-0.3, -0.25) is 0 Å². The normalized spacial score (nSPS) is 14.9. The number of hydrogen-bond donors (Lipinski definition) is 1. The summed E-state index contributed by atoms with van der Waals surface area (Å²) in [5.41, 5.74) is 3.86. The van der Waals surface area contributed by atoms with Crippen molar-refractivity contribution >= 4 is 11.3 Å². The second kappa shape index (κ2) is 5.21. The smallest absolute Gasteiger partial charge is 0.0972 e. The Kier molecular flexibility index (Phi) is 3.43. The van der Waals surface area contributed by atoms with Crippen LogP contribution in [0.15, 0.2) is 29.6 Å². The van der Waals surface area contributed by atoms with Gasteiger partial charge in [0.25, 0.3) is 0 Å². The van der Waals surface area contributed by atoms with E-state index in [1.54, 1.807) is 11.3 Å². The maximum Gasteiger partial charge on any atom is 0.0972 e. The molecule has 1 N–H and O–H groups in total. The first-order valence-electron chi connectivity index (χ1n) is 6.52. The quantitative estimate of drug-likeness (QED) is 0.890. The average molecular weight is 258 g/mol. The lowest BCUT2D eigenvalue weighted by Gasteiger charge is -2.00. The molecule has 0 bridgehead atoms. The Hall–Kier alpha value is -1.19. The summed E-state index contributed by atoms with van der Waals surface area (Å²) in [7, 11) is 0. The molecule has 1 heterocycles.